The monoisotopic (exact) mass is 276 g/mol. The van der Waals surface area contributed by atoms with Crippen molar-refractivity contribution in [2.45, 2.75) is 12.7 Å². The van der Waals surface area contributed by atoms with E-state index in [1.54, 1.807) is 7.11 Å². The van der Waals surface area contributed by atoms with E-state index in [0.29, 0.717) is 0 Å². The number of hydrogen-bond donors (Lipinski definition) is 1. The minimum absolute atomic E-state index is 0.794. The highest BCUT2D eigenvalue weighted by molar-refractivity contribution is 7.98. The molecule has 0 bridgehead atoms. The van der Waals surface area contributed by atoms with E-state index in [2.05, 4.69) is 36.5 Å². The van der Waals surface area contributed by atoms with Crippen molar-refractivity contribution in [3.05, 3.63) is 35.9 Å². The van der Waals surface area contributed by atoms with Gasteiger partial charge in [0.15, 0.2) is 0 Å². The van der Waals surface area contributed by atoms with Gasteiger partial charge in [0.25, 0.3) is 0 Å². The van der Waals surface area contributed by atoms with Gasteiger partial charge in [-0.1, -0.05) is 18.2 Å². The van der Waals surface area contributed by atoms with E-state index in [1.807, 2.05) is 17.8 Å². The van der Waals surface area contributed by atoms with Crippen LogP contribution in [0.1, 0.15) is 12.5 Å². The highest BCUT2D eigenvalue weighted by Gasteiger charge is 2.06. The zero-order chi connectivity index (χ0) is 13.5. The molecule has 0 saturated carbocycles. The van der Waals surface area contributed by atoms with Gasteiger partial charge in [-0.15, -0.1) is 0 Å². The first kappa shape index (κ1) is 14.2. The molecule has 0 saturated heterocycles. The second-order valence-corrected chi connectivity index (χ2v) is 5.37. The van der Waals surface area contributed by atoms with Crippen molar-refractivity contribution >= 4 is 28.5 Å². The van der Waals surface area contributed by atoms with E-state index in [0.717, 1.165) is 36.0 Å². The molecule has 2 rings (SSSR count). The second kappa shape index (κ2) is 7.36. The number of ether oxygens (including phenoxy) is 1. The Hall–Kier alpha value is -1.26. The first-order valence-electron chi connectivity index (χ1n) is 6.54. The largest absolute Gasteiger partial charge is 0.384 e. The minimum atomic E-state index is 0.794. The average molecular weight is 276 g/mol. The summed E-state index contributed by atoms with van der Waals surface area (Å²) in [5, 5.41) is 4.55. The van der Waals surface area contributed by atoms with E-state index in [1.165, 1.54) is 10.9 Å². The number of methoxy groups -OCH3 is 1. The predicted octanol–water partition coefficient (Wildman–Crippen LogP) is 3.55. The first-order valence-corrected chi connectivity index (χ1v) is 7.70. The van der Waals surface area contributed by atoms with Crippen LogP contribution in [0.4, 0.5) is 5.82 Å². The van der Waals surface area contributed by atoms with Gasteiger partial charge in [0.2, 0.25) is 0 Å². The zero-order valence-corrected chi connectivity index (χ0v) is 12.3. The molecule has 102 valence electrons. The fraction of sp³-hybridized carbons (Fsp3) is 0.400. The standard InChI is InChI=1S/C15H20N2OS/c1-3-16-15-13(11-19-9-8-18-2)10-12-6-4-5-7-14(12)17-15/h4-7,10H,3,8-9,11H2,1-2H3,(H,16,17). The molecule has 1 aromatic heterocycles. The number of para-hydroxylation sites is 1. The van der Waals surface area contributed by atoms with Crippen LogP contribution < -0.4 is 5.32 Å². The maximum Gasteiger partial charge on any atom is 0.130 e. The lowest BCUT2D eigenvalue weighted by atomic mass is 10.1. The molecule has 0 aliphatic heterocycles. The molecule has 1 aromatic carbocycles. The Balaban J connectivity index is 2.20. The van der Waals surface area contributed by atoms with E-state index in [-0.39, 0.29) is 0 Å². The van der Waals surface area contributed by atoms with Gasteiger partial charge in [0.1, 0.15) is 5.82 Å². The van der Waals surface area contributed by atoms with Gasteiger partial charge >= 0.3 is 0 Å². The van der Waals surface area contributed by atoms with Gasteiger partial charge in [0, 0.05) is 36.1 Å². The number of benzene rings is 1. The van der Waals surface area contributed by atoms with E-state index in [9.17, 15) is 0 Å². The summed E-state index contributed by atoms with van der Waals surface area (Å²) in [5.41, 5.74) is 2.31. The number of aromatic nitrogens is 1. The van der Waals surface area contributed by atoms with E-state index < -0.39 is 0 Å². The molecule has 0 fully saturated rings. The molecule has 3 nitrogen and oxygen atoms in total. The Kier molecular flexibility index (Phi) is 5.48. The normalized spacial score (nSPS) is 10.8. The fourth-order valence-electron chi connectivity index (χ4n) is 1.91. The van der Waals surface area contributed by atoms with E-state index >= 15 is 0 Å². The van der Waals surface area contributed by atoms with Crippen molar-refractivity contribution in [2.24, 2.45) is 0 Å². The van der Waals surface area contributed by atoms with Gasteiger partial charge in [-0.25, -0.2) is 4.98 Å². The molecule has 0 spiro atoms. The van der Waals surface area contributed by atoms with Crippen molar-refractivity contribution in [1.82, 2.24) is 4.98 Å². The highest BCUT2D eigenvalue weighted by Crippen LogP contribution is 2.24. The third-order valence-electron chi connectivity index (χ3n) is 2.84. The number of nitrogens with zero attached hydrogens (tertiary/aromatic N) is 1. The summed E-state index contributed by atoms with van der Waals surface area (Å²) in [7, 11) is 1.74. The maximum atomic E-state index is 5.08. The lowest BCUT2D eigenvalue weighted by Gasteiger charge is -2.11. The smallest absolute Gasteiger partial charge is 0.130 e. The fourth-order valence-corrected chi connectivity index (χ4v) is 2.78. The summed E-state index contributed by atoms with van der Waals surface area (Å²) in [6, 6.07) is 10.5. The topological polar surface area (TPSA) is 34.2 Å². The summed E-state index contributed by atoms with van der Waals surface area (Å²) < 4.78 is 5.08. The highest BCUT2D eigenvalue weighted by atomic mass is 32.2. The van der Waals surface area contributed by atoms with Gasteiger partial charge in [-0.2, -0.15) is 11.8 Å². The number of pyridine rings is 1. The molecule has 0 atom stereocenters. The van der Waals surface area contributed by atoms with Crippen molar-refractivity contribution in [2.75, 3.05) is 31.3 Å². The number of fused-ring (bicyclic) bond motifs is 1. The number of rotatable bonds is 7. The van der Waals surface area contributed by atoms with Crippen molar-refractivity contribution in [3.8, 4) is 0 Å². The number of nitrogens with one attached hydrogen (secondary N) is 1. The van der Waals surface area contributed by atoms with E-state index in [4.69, 9.17) is 9.72 Å². The first-order chi connectivity index (χ1) is 9.35. The van der Waals surface area contributed by atoms with Crippen LogP contribution >= 0.6 is 11.8 Å². The molecule has 1 N–H and O–H groups in total. The summed E-state index contributed by atoms with van der Waals surface area (Å²) in [6.07, 6.45) is 0. The summed E-state index contributed by atoms with van der Waals surface area (Å²) in [5.74, 6) is 2.98. The lowest BCUT2D eigenvalue weighted by Crippen LogP contribution is -2.03. The quantitative estimate of drug-likeness (QED) is 0.784. The molecule has 0 aliphatic carbocycles. The molecule has 1 heterocycles. The van der Waals surface area contributed by atoms with Crippen LogP contribution in [0.3, 0.4) is 0 Å². The van der Waals surface area contributed by atoms with Crippen LogP contribution in [-0.4, -0.2) is 31.0 Å². The van der Waals surface area contributed by atoms with Crippen molar-refractivity contribution in [3.63, 3.8) is 0 Å². The Bertz CT molecular complexity index is 531. The van der Waals surface area contributed by atoms with Gasteiger partial charge in [-0.3, -0.25) is 0 Å². The molecule has 2 aromatic rings. The van der Waals surface area contributed by atoms with Crippen LogP contribution in [0.5, 0.6) is 0 Å². The summed E-state index contributed by atoms with van der Waals surface area (Å²) >= 11 is 1.87. The molecule has 0 unspecified atom stereocenters. The lowest BCUT2D eigenvalue weighted by molar-refractivity contribution is 0.218. The minimum Gasteiger partial charge on any atom is -0.384 e. The Morgan fingerprint density at radius 2 is 2.16 bits per heavy atom. The molecule has 0 radical (unpaired) electrons. The molecule has 4 heteroatoms. The third kappa shape index (κ3) is 3.85. The molecule has 0 aliphatic rings. The average Bonchev–Trinajstić information content (AvgIpc) is 2.44. The van der Waals surface area contributed by atoms with Gasteiger partial charge in [0.05, 0.1) is 12.1 Å². The van der Waals surface area contributed by atoms with Crippen molar-refractivity contribution < 1.29 is 4.74 Å². The van der Waals surface area contributed by atoms with Gasteiger partial charge < -0.3 is 10.1 Å². The Morgan fingerprint density at radius 3 is 2.95 bits per heavy atom. The maximum absolute atomic E-state index is 5.08. The Morgan fingerprint density at radius 1 is 1.32 bits per heavy atom. The zero-order valence-electron chi connectivity index (χ0n) is 11.5. The molecule has 0 amide bonds. The summed E-state index contributed by atoms with van der Waals surface area (Å²) in [6.45, 7) is 3.78. The molecule has 19 heavy (non-hydrogen) atoms. The van der Waals surface area contributed by atoms with Crippen LogP contribution in [-0.2, 0) is 10.5 Å². The van der Waals surface area contributed by atoms with Gasteiger partial charge in [-0.05, 0) is 19.1 Å². The Labute approximate surface area is 118 Å². The molecular formula is C15H20N2OS. The molecular weight excluding hydrogens is 256 g/mol. The summed E-state index contributed by atoms with van der Waals surface area (Å²) in [4.78, 5) is 4.71. The van der Waals surface area contributed by atoms with Crippen LogP contribution in [0.15, 0.2) is 30.3 Å². The third-order valence-corrected chi connectivity index (χ3v) is 3.81. The number of thioether (sulfide) groups is 1. The SMILES string of the molecule is CCNc1nc2ccccc2cc1CSCCOC. The van der Waals surface area contributed by atoms with Crippen LogP contribution in [0, 0.1) is 0 Å². The second-order valence-electron chi connectivity index (χ2n) is 4.26. The number of anilines is 1. The predicted molar refractivity (Wildman–Crippen MR) is 83.9 cm³/mol. The number of hydrogen-bond acceptors (Lipinski definition) is 4. The van der Waals surface area contributed by atoms with Crippen LogP contribution in [0.25, 0.3) is 10.9 Å². The van der Waals surface area contributed by atoms with Crippen molar-refractivity contribution in [1.29, 1.82) is 0 Å². The van der Waals surface area contributed by atoms with Crippen LogP contribution in [0.2, 0.25) is 0 Å².